The highest BCUT2D eigenvalue weighted by Gasteiger charge is 2.25. The molecule has 0 radical (unpaired) electrons. The van der Waals surface area contributed by atoms with E-state index in [1.54, 1.807) is 44.6 Å². The van der Waals surface area contributed by atoms with Crippen molar-refractivity contribution in [3.63, 3.8) is 0 Å². The van der Waals surface area contributed by atoms with Gasteiger partial charge in [0.15, 0.2) is 11.5 Å². The van der Waals surface area contributed by atoms with Gasteiger partial charge in [-0.1, -0.05) is 18.2 Å². The van der Waals surface area contributed by atoms with Gasteiger partial charge >= 0.3 is 0 Å². The number of fused-ring (bicyclic) bond motifs is 1. The molecule has 0 saturated heterocycles. The van der Waals surface area contributed by atoms with E-state index in [2.05, 4.69) is 10.0 Å². The number of rotatable bonds is 10. The summed E-state index contributed by atoms with van der Waals surface area (Å²) in [5.41, 5.74) is 3.54. The van der Waals surface area contributed by atoms with Gasteiger partial charge in [0, 0.05) is 6.54 Å². The number of benzene rings is 3. The fourth-order valence-corrected chi connectivity index (χ4v) is 5.81. The molecule has 0 atom stereocenters. The maximum atomic E-state index is 13.4. The molecule has 3 aromatic carbocycles. The molecule has 0 aliphatic heterocycles. The van der Waals surface area contributed by atoms with Gasteiger partial charge in [-0.05, 0) is 85.2 Å². The molecule has 2 N–H and O–H groups in total. The Balaban J connectivity index is 1.49. The Morgan fingerprint density at radius 2 is 1.51 bits per heavy atom. The summed E-state index contributed by atoms with van der Waals surface area (Å²) >= 11 is 0. The monoisotopic (exact) mass is 524 g/mol. The molecule has 0 spiro atoms. The SMILES string of the molecule is COc1ccc(CCNC(=O)c2ccccc2NS(=O)(=O)c2cc3c(cc2OC)CCCC3)cc1OC. The van der Waals surface area contributed by atoms with E-state index in [1.165, 1.54) is 7.11 Å². The first-order valence-corrected chi connectivity index (χ1v) is 13.7. The molecule has 4 rings (SSSR count). The lowest BCUT2D eigenvalue weighted by atomic mass is 9.92. The van der Waals surface area contributed by atoms with Crippen LogP contribution >= 0.6 is 0 Å². The predicted octanol–water partition coefficient (Wildman–Crippen LogP) is 4.36. The van der Waals surface area contributed by atoms with E-state index >= 15 is 0 Å². The number of nitrogens with one attached hydrogen (secondary N) is 2. The van der Waals surface area contributed by atoms with Gasteiger partial charge in [-0.3, -0.25) is 9.52 Å². The zero-order valence-corrected chi connectivity index (χ0v) is 22.1. The first-order chi connectivity index (χ1) is 17.9. The van der Waals surface area contributed by atoms with E-state index in [1.807, 2.05) is 24.3 Å². The van der Waals surface area contributed by atoms with Crippen molar-refractivity contribution in [1.29, 1.82) is 0 Å². The molecule has 0 heterocycles. The number of methoxy groups -OCH3 is 3. The Labute approximate surface area is 218 Å². The lowest BCUT2D eigenvalue weighted by molar-refractivity contribution is 0.0955. The molecule has 0 unspecified atom stereocenters. The second-order valence-corrected chi connectivity index (χ2v) is 10.5. The Kier molecular flexibility index (Phi) is 8.23. The molecule has 1 aliphatic carbocycles. The molecule has 0 aromatic heterocycles. The summed E-state index contributed by atoms with van der Waals surface area (Å²) in [6.07, 6.45) is 4.41. The predicted molar refractivity (Wildman–Crippen MR) is 142 cm³/mol. The maximum absolute atomic E-state index is 13.4. The van der Waals surface area contributed by atoms with Crippen molar-refractivity contribution in [2.75, 3.05) is 32.6 Å². The number of carbonyl (C=O) groups excluding carboxylic acids is 1. The third-order valence-electron chi connectivity index (χ3n) is 6.48. The van der Waals surface area contributed by atoms with E-state index < -0.39 is 10.0 Å². The van der Waals surface area contributed by atoms with E-state index in [0.717, 1.165) is 42.4 Å². The van der Waals surface area contributed by atoms with E-state index in [4.69, 9.17) is 14.2 Å². The molecule has 9 heteroatoms. The summed E-state index contributed by atoms with van der Waals surface area (Å²) in [6.45, 7) is 0.355. The number of anilines is 1. The molecule has 37 heavy (non-hydrogen) atoms. The minimum absolute atomic E-state index is 0.0688. The van der Waals surface area contributed by atoms with Crippen LogP contribution in [0.25, 0.3) is 0 Å². The van der Waals surface area contributed by atoms with Crippen LogP contribution in [0.4, 0.5) is 5.69 Å². The highest BCUT2D eigenvalue weighted by atomic mass is 32.2. The number of carbonyl (C=O) groups is 1. The molecule has 0 saturated carbocycles. The van der Waals surface area contributed by atoms with Gasteiger partial charge in [-0.2, -0.15) is 0 Å². The van der Waals surface area contributed by atoms with E-state index in [0.29, 0.717) is 30.2 Å². The van der Waals surface area contributed by atoms with Crippen LogP contribution in [0.1, 0.15) is 39.9 Å². The summed E-state index contributed by atoms with van der Waals surface area (Å²) < 4.78 is 45.4. The number of amides is 1. The summed E-state index contributed by atoms with van der Waals surface area (Å²) in [7, 11) is 0.603. The molecule has 3 aromatic rings. The Morgan fingerprint density at radius 3 is 2.22 bits per heavy atom. The second-order valence-electron chi connectivity index (χ2n) is 8.83. The summed E-state index contributed by atoms with van der Waals surface area (Å²) in [5.74, 6) is 1.16. The van der Waals surface area contributed by atoms with Gasteiger partial charge in [-0.15, -0.1) is 0 Å². The van der Waals surface area contributed by atoms with Crippen molar-refractivity contribution in [3.8, 4) is 17.2 Å². The average molecular weight is 525 g/mol. The smallest absolute Gasteiger partial charge is 0.265 e. The fourth-order valence-electron chi connectivity index (χ4n) is 4.53. The van der Waals surface area contributed by atoms with Gasteiger partial charge in [0.1, 0.15) is 10.6 Å². The van der Waals surface area contributed by atoms with Crippen molar-refractivity contribution in [3.05, 3.63) is 76.9 Å². The lowest BCUT2D eigenvalue weighted by Gasteiger charge is -2.20. The molecular formula is C28H32N2O6S. The Morgan fingerprint density at radius 1 is 0.838 bits per heavy atom. The van der Waals surface area contributed by atoms with Crippen LogP contribution in [0.2, 0.25) is 0 Å². The highest BCUT2D eigenvalue weighted by Crippen LogP contribution is 2.33. The van der Waals surface area contributed by atoms with Crippen LogP contribution < -0.4 is 24.2 Å². The van der Waals surface area contributed by atoms with Crippen LogP contribution in [0, 0.1) is 0 Å². The van der Waals surface area contributed by atoms with Gasteiger partial charge in [-0.25, -0.2) is 8.42 Å². The van der Waals surface area contributed by atoms with Gasteiger partial charge in [0.05, 0.1) is 32.6 Å². The van der Waals surface area contributed by atoms with Gasteiger partial charge in [0.25, 0.3) is 15.9 Å². The maximum Gasteiger partial charge on any atom is 0.265 e. The summed E-state index contributed by atoms with van der Waals surface area (Å²) in [5, 5.41) is 2.87. The first-order valence-electron chi connectivity index (χ1n) is 12.2. The van der Waals surface area contributed by atoms with Gasteiger partial charge < -0.3 is 19.5 Å². The van der Waals surface area contributed by atoms with Crippen molar-refractivity contribution in [1.82, 2.24) is 5.32 Å². The van der Waals surface area contributed by atoms with E-state index in [9.17, 15) is 13.2 Å². The van der Waals surface area contributed by atoms with Crippen molar-refractivity contribution in [2.45, 2.75) is 37.0 Å². The number of hydrogen-bond acceptors (Lipinski definition) is 6. The van der Waals surface area contributed by atoms with Crippen LogP contribution in [-0.4, -0.2) is 42.2 Å². The molecule has 1 amide bonds. The largest absolute Gasteiger partial charge is 0.495 e. The standard InChI is InChI=1S/C28H32N2O6S/c1-34-24-13-12-19(16-25(24)35-2)14-15-29-28(31)22-10-6-7-11-23(22)30-37(32,33)27-18-21-9-5-4-8-20(21)17-26(27)36-3/h6-7,10-13,16-18,30H,4-5,8-9,14-15H2,1-3H3,(H,29,31). The zero-order valence-electron chi connectivity index (χ0n) is 21.3. The normalized spacial score (nSPS) is 12.8. The van der Waals surface area contributed by atoms with Crippen molar-refractivity contribution >= 4 is 21.6 Å². The molecule has 8 nitrogen and oxygen atoms in total. The minimum Gasteiger partial charge on any atom is -0.495 e. The Hall–Kier alpha value is -3.72. The fraction of sp³-hybridized carbons (Fsp3) is 0.321. The van der Waals surface area contributed by atoms with E-state index in [-0.39, 0.29) is 22.1 Å². The lowest BCUT2D eigenvalue weighted by Crippen LogP contribution is -2.27. The average Bonchev–Trinajstić information content (AvgIpc) is 2.92. The number of ether oxygens (including phenoxy) is 3. The van der Waals surface area contributed by atoms with Gasteiger partial charge in [0.2, 0.25) is 0 Å². The third-order valence-corrected chi connectivity index (χ3v) is 7.87. The van der Waals surface area contributed by atoms with Crippen LogP contribution in [0.5, 0.6) is 17.2 Å². The molecule has 196 valence electrons. The van der Waals surface area contributed by atoms with Crippen LogP contribution in [-0.2, 0) is 29.3 Å². The second kappa shape index (κ2) is 11.6. The number of aryl methyl sites for hydroxylation is 2. The van der Waals surface area contributed by atoms with Crippen molar-refractivity contribution in [2.24, 2.45) is 0 Å². The zero-order chi connectivity index (χ0) is 26.4. The van der Waals surface area contributed by atoms with Crippen molar-refractivity contribution < 1.29 is 27.4 Å². The van der Waals surface area contributed by atoms with Crippen LogP contribution in [0.15, 0.2) is 59.5 Å². The Bertz CT molecular complexity index is 1390. The number of sulfonamides is 1. The summed E-state index contributed by atoms with van der Waals surface area (Å²) in [4.78, 5) is 13.1. The minimum atomic E-state index is -4.00. The molecule has 0 bridgehead atoms. The molecule has 1 aliphatic rings. The quantitative estimate of drug-likeness (QED) is 0.408. The summed E-state index contributed by atoms with van der Waals surface area (Å²) in [6, 6.07) is 15.6. The molecular weight excluding hydrogens is 492 g/mol. The first kappa shape index (κ1) is 26.3. The highest BCUT2D eigenvalue weighted by molar-refractivity contribution is 7.92. The number of para-hydroxylation sites is 1. The topological polar surface area (TPSA) is 103 Å². The molecule has 0 fully saturated rings. The third kappa shape index (κ3) is 5.99. The van der Waals surface area contributed by atoms with Crippen LogP contribution in [0.3, 0.4) is 0 Å². The number of hydrogen-bond donors (Lipinski definition) is 2.